The largest absolute Gasteiger partial charge is 0.486 e. The molecule has 1 aliphatic carbocycles. The summed E-state index contributed by atoms with van der Waals surface area (Å²) in [6, 6.07) is 12.6. The number of aryl methyl sites for hydroxylation is 1. The highest BCUT2D eigenvalue weighted by Gasteiger charge is 2.38. The monoisotopic (exact) mass is 451 g/mol. The third-order valence-corrected chi connectivity index (χ3v) is 8.08. The van der Waals surface area contributed by atoms with Crippen molar-refractivity contribution in [3.8, 4) is 5.75 Å². The fourth-order valence-electron chi connectivity index (χ4n) is 4.89. The van der Waals surface area contributed by atoms with Crippen LogP contribution in [-0.2, 0) is 22.0 Å². The Bertz CT molecular complexity index is 1060. The third-order valence-electron chi connectivity index (χ3n) is 7.10. The Morgan fingerprint density at radius 1 is 1.03 bits per heavy atom. The van der Waals surface area contributed by atoms with Gasteiger partial charge in [0.1, 0.15) is 11.9 Å². The van der Waals surface area contributed by atoms with E-state index in [0.29, 0.717) is 6.42 Å². The summed E-state index contributed by atoms with van der Waals surface area (Å²) in [5.41, 5.74) is 6.80. The number of fused-ring (bicyclic) bond motifs is 1. The van der Waals surface area contributed by atoms with Crippen LogP contribution in [0.25, 0.3) is 0 Å². The molecule has 2 amide bonds. The van der Waals surface area contributed by atoms with Crippen molar-refractivity contribution in [3.63, 3.8) is 0 Å². The minimum atomic E-state index is -0.348. The van der Waals surface area contributed by atoms with Crippen molar-refractivity contribution in [2.45, 2.75) is 83.0 Å². The van der Waals surface area contributed by atoms with Gasteiger partial charge in [0, 0.05) is 0 Å². The molecule has 2 unspecified atom stereocenters. The lowest BCUT2D eigenvalue weighted by atomic mass is 9.62. The maximum Gasteiger partial charge on any atom is 0.286 e. The Kier molecular flexibility index (Phi) is 5.91. The first-order valence-electron chi connectivity index (χ1n) is 11.4. The molecule has 2 aromatic rings. The Hall–Kier alpha value is -2.27. The van der Waals surface area contributed by atoms with Gasteiger partial charge in [0.05, 0.1) is 5.25 Å². The third kappa shape index (κ3) is 4.45. The Balaban J connectivity index is 1.51. The number of benzene rings is 2. The summed E-state index contributed by atoms with van der Waals surface area (Å²) < 4.78 is 6.32. The van der Waals surface area contributed by atoms with E-state index in [1.165, 1.54) is 35.1 Å². The van der Waals surface area contributed by atoms with Crippen molar-refractivity contribution in [1.82, 2.24) is 5.32 Å². The first-order valence-corrected chi connectivity index (χ1v) is 12.3. The number of carbonyl (C=O) groups excluding carboxylic acids is 2. The fourth-order valence-corrected chi connectivity index (χ4v) is 5.75. The molecule has 1 N–H and O–H groups in total. The highest BCUT2D eigenvalue weighted by atomic mass is 32.2. The van der Waals surface area contributed by atoms with Crippen molar-refractivity contribution in [3.05, 3.63) is 64.2 Å². The van der Waals surface area contributed by atoms with Gasteiger partial charge in [0.25, 0.3) is 5.24 Å². The SMILES string of the molecule is Cc1cc2c(cc1C(C)Oc1ccc(CC3SC(=O)NC3=O)cc1)C(C)(C)CCC2(C)C. The maximum absolute atomic E-state index is 11.8. The van der Waals surface area contributed by atoms with Gasteiger partial charge >= 0.3 is 0 Å². The molecule has 1 saturated heterocycles. The van der Waals surface area contributed by atoms with Crippen molar-refractivity contribution in [1.29, 1.82) is 0 Å². The number of hydrogen-bond acceptors (Lipinski definition) is 4. The quantitative estimate of drug-likeness (QED) is 0.573. The van der Waals surface area contributed by atoms with Crippen molar-refractivity contribution >= 4 is 22.9 Å². The molecule has 4 rings (SSSR count). The first-order chi connectivity index (χ1) is 15.0. The maximum atomic E-state index is 11.8. The van der Waals surface area contributed by atoms with E-state index in [1.807, 2.05) is 24.3 Å². The topological polar surface area (TPSA) is 55.4 Å². The Morgan fingerprint density at radius 2 is 1.62 bits per heavy atom. The summed E-state index contributed by atoms with van der Waals surface area (Å²) in [5.74, 6) is 0.598. The van der Waals surface area contributed by atoms with E-state index in [2.05, 4.69) is 59.0 Å². The number of carbonyl (C=O) groups is 2. The summed E-state index contributed by atoms with van der Waals surface area (Å²) in [6.45, 7) is 13.7. The molecule has 2 atom stereocenters. The van der Waals surface area contributed by atoms with Crippen molar-refractivity contribution in [2.75, 3.05) is 0 Å². The number of imide groups is 1. The van der Waals surface area contributed by atoms with Crippen LogP contribution >= 0.6 is 11.8 Å². The second-order valence-corrected chi connectivity index (χ2v) is 11.7. The highest BCUT2D eigenvalue weighted by molar-refractivity contribution is 8.15. The Morgan fingerprint density at radius 3 is 2.19 bits per heavy atom. The Labute approximate surface area is 195 Å². The zero-order chi connectivity index (χ0) is 23.3. The number of hydrogen-bond donors (Lipinski definition) is 1. The average molecular weight is 452 g/mol. The van der Waals surface area contributed by atoms with Crippen LogP contribution in [0.3, 0.4) is 0 Å². The number of nitrogens with one attached hydrogen (secondary N) is 1. The summed E-state index contributed by atoms with van der Waals surface area (Å²) in [6.07, 6.45) is 2.86. The molecule has 2 aromatic carbocycles. The van der Waals surface area contributed by atoms with E-state index in [9.17, 15) is 9.59 Å². The molecule has 2 aliphatic rings. The molecule has 4 nitrogen and oxygen atoms in total. The number of rotatable bonds is 5. The molecule has 0 bridgehead atoms. The molecule has 32 heavy (non-hydrogen) atoms. The molecular weight excluding hydrogens is 418 g/mol. The van der Waals surface area contributed by atoms with Crippen LogP contribution in [0, 0.1) is 6.92 Å². The van der Waals surface area contributed by atoms with Crippen LogP contribution in [0.5, 0.6) is 5.75 Å². The van der Waals surface area contributed by atoms with Crippen LogP contribution in [0.1, 0.15) is 81.4 Å². The van der Waals surface area contributed by atoms with Crippen LogP contribution in [-0.4, -0.2) is 16.4 Å². The van der Waals surface area contributed by atoms with Gasteiger partial charge in [-0.2, -0.15) is 0 Å². The standard InChI is InChI=1S/C27H33NO3S/c1-16-13-21-22(27(5,6)12-11-26(21,3)4)15-20(16)17(2)31-19-9-7-18(8-10-19)14-23-24(29)28-25(30)32-23/h7-10,13,15,17,23H,11-12,14H2,1-6H3,(H,28,29,30). The van der Waals surface area contributed by atoms with Gasteiger partial charge in [-0.15, -0.1) is 0 Å². The van der Waals surface area contributed by atoms with Crippen molar-refractivity contribution < 1.29 is 14.3 Å². The van der Waals surface area contributed by atoms with Gasteiger partial charge in [-0.25, -0.2) is 0 Å². The van der Waals surface area contributed by atoms with Gasteiger partial charge < -0.3 is 4.74 Å². The number of thioether (sulfide) groups is 1. The molecular formula is C27H33NO3S. The van der Waals surface area contributed by atoms with Crippen LogP contribution in [0.2, 0.25) is 0 Å². The summed E-state index contributed by atoms with van der Waals surface area (Å²) in [7, 11) is 0. The second kappa shape index (κ2) is 8.26. The average Bonchev–Trinajstić information content (AvgIpc) is 3.03. The molecule has 1 heterocycles. The smallest absolute Gasteiger partial charge is 0.286 e. The molecule has 1 fully saturated rings. The zero-order valence-corrected chi connectivity index (χ0v) is 20.7. The second-order valence-electron chi connectivity index (χ2n) is 10.5. The van der Waals surface area contributed by atoms with E-state index < -0.39 is 0 Å². The molecule has 0 radical (unpaired) electrons. The fraction of sp³-hybridized carbons (Fsp3) is 0.481. The summed E-state index contributed by atoms with van der Waals surface area (Å²) >= 11 is 1.06. The summed E-state index contributed by atoms with van der Waals surface area (Å²) in [4.78, 5) is 23.2. The van der Waals surface area contributed by atoms with Gasteiger partial charge in [-0.1, -0.05) is 63.7 Å². The van der Waals surface area contributed by atoms with E-state index >= 15 is 0 Å². The number of amides is 2. The van der Waals surface area contributed by atoms with Crippen LogP contribution in [0.4, 0.5) is 4.79 Å². The van der Waals surface area contributed by atoms with Gasteiger partial charge in [0.2, 0.25) is 5.91 Å². The van der Waals surface area contributed by atoms with Gasteiger partial charge in [0.15, 0.2) is 0 Å². The highest BCUT2D eigenvalue weighted by Crippen LogP contribution is 2.47. The molecule has 170 valence electrons. The van der Waals surface area contributed by atoms with E-state index in [-0.39, 0.29) is 33.3 Å². The predicted octanol–water partition coefficient (Wildman–Crippen LogP) is 6.38. The van der Waals surface area contributed by atoms with Crippen molar-refractivity contribution in [2.24, 2.45) is 0 Å². The minimum Gasteiger partial charge on any atom is -0.486 e. The van der Waals surface area contributed by atoms with E-state index in [4.69, 9.17) is 4.74 Å². The molecule has 0 aromatic heterocycles. The normalized spacial score (nSPS) is 22.2. The lowest BCUT2D eigenvalue weighted by Gasteiger charge is -2.42. The molecule has 1 aliphatic heterocycles. The molecule has 0 saturated carbocycles. The summed E-state index contributed by atoms with van der Waals surface area (Å²) in [5, 5.41) is 1.73. The molecule has 5 heteroatoms. The van der Waals surface area contributed by atoms with Crippen LogP contribution < -0.4 is 10.1 Å². The van der Waals surface area contributed by atoms with E-state index in [0.717, 1.165) is 23.1 Å². The predicted molar refractivity (Wildman–Crippen MR) is 131 cm³/mol. The van der Waals surface area contributed by atoms with Gasteiger partial charge in [-0.3, -0.25) is 14.9 Å². The minimum absolute atomic E-state index is 0.0687. The zero-order valence-electron chi connectivity index (χ0n) is 19.9. The number of ether oxygens (including phenoxy) is 1. The van der Waals surface area contributed by atoms with E-state index in [1.54, 1.807) is 0 Å². The first kappa shape index (κ1) is 22.9. The van der Waals surface area contributed by atoms with Crippen LogP contribution in [0.15, 0.2) is 36.4 Å². The van der Waals surface area contributed by atoms with Gasteiger partial charge in [-0.05, 0) is 83.9 Å². The molecule has 0 spiro atoms. The lowest BCUT2D eigenvalue weighted by molar-refractivity contribution is -0.118. The lowest BCUT2D eigenvalue weighted by Crippen LogP contribution is -2.34.